The molecule has 1 aliphatic rings. The summed E-state index contributed by atoms with van der Waals surface area (Å²) >= 11 is 6.13. The molecule has 1 saturated carbocycles. The van der Waals surface area contributed by atoms with Gasteiger partial charge in [0.25, 0.3) is 0 Å². The Bertz CT molecular complexity index is 1260. The first-order chi connectivity index (χ1) is 15.1. The fourth-order valence-electron chi connectivity index (χ4n) is 4.35. The summed E-state index contributed by atoms with van der Waals surface area (Å²) in [4.78, 5) is 6.67. The summed E-state index contributed by atoms with van der Waals surface area (Å²) in [5, 5.41) is 1.11. The van der Waals surface area contributed by atoms with Gasteiger partial charge in [-0.15, -0.1) is 24.0 Å². The lowest BCUT2D eigenvalue weighted by atomic mass is 10.00. The number of rotatable bonds is 4. The third kappa shape index (κ3) is 3.93. The van der Waals surface area contributed by atoms with Gasteiger partial charge in [0.1, 0.15) is 9.04 Å². The van der Waals surface area contributed by atoms with Crippen LogP contribution in [0, 0.1) is 0 Å². The number of fused-ring (bicyclic) bond motifs is 1. The zero-order valence-corrected chi connectivity index (χ0v) is 19.6. The van der Waals surface area contributed by atoms with Crippen LogP contribution in [0.2, 0.25) is 0 Å². The van der Waals surface area contributed by atoms with Crippen LogP contribution in [0.3, 0.4) is 0 Å². The molecule has 3 nitrogen and oxygen atoms in total. The fraction of sp³-hybridized carbons (Fsp3) is 0.240. The van der Waals surface area contributed by atoms with Crippen molar-refractivity contribution < 1.29 is 4.21 Å². The Morgan fingerprint density at radius 2 is 1.68 bits per heavy atom. The van der Waals surface area contributed by atoms with Gasteiger partial charge in [-0.25, -0.2) is 4.98 Å². The van der Waals surface area contributed by atoms with Gasteiger partial charge in [0.15, 0.2) is 0 Å². The highest BCUT2D eigenvalue weighted by atomic mass is 32.2. The van der Waals surface area contributed by atoms with Gasteiger partial charge >= 0.3 is 0 Å². The Labute approximate surface area is 194 Å². The van der Waals surface area contributed by atoms with Crippen LogP contribution < -0.4 is 5.73 Å². The lowest BCUT2D eigenvalue weighted by Crippen LogP contribution is -2.18. The van der Waals surface area contributed by atoms with Gasteiger partial charge in [0.2, 0.25) is 0 Å². The molecule has 0 saturated heterocycles. The number of anilines is 1. The number of hydrogen-bond acceptors (Lipinski definition) is 5. The van der Waals surface area contributed by atoms with E-state index >= 15 is 0 Å². The third-order valence-corrected chi connectivity index (χ3v) is 9.66. The monoisotopic (exact) mass is 464 g/mol. The van der Waals surface area contributed by atoms with Crippen LogP contribution in [0.1, 0.15) is 32.1 Å². The predicted molar refractivity (Wildman–Crippen MR) is 135 cm³/mol. The summed E-state index contributed by atoms with van der Waals surface area (Å²) in [6, 6.07) is 20.3. The second-order valence-electron chi connectivity index (χ2n) is 7.98. The van der Waals surface area contributed by atoms with Crippen molar-refractivity contribution in [3.05, 3.63) is 60.7 Å². The van der Waals surface area contributed by atoms with Gasteiger partial charge in [-0.05, 0) is 36.1 Å². The maximum Gasteiger partial charge on any atom is 0.127 e. The quantitative estimate of drug-likeness (QED) is 0.322. The van der Waals surface area contributed by atoms with Crippen LogP contribution in [-0.2, 0) is 10.8 Å². The molecular formula is C25H24N2OS3. The van der Waals surface area contributed by atoms with Crippen molar-refractivity contribution in [2.24, 2.45) is 0 Å². The van der Waals surface area contributed by atoms with E-state index in [1.54, 1.807) is 0 Å². The van der Waals surface area contributed by atoms with E-state index in [1.165, 1.54) is 17.8 Å². The smallest absolute Gasteiger partial charge is 0.127 e. The minimum atomic E-state index is -1.10. The van der Waals surface area contributed by atoms with E-state index < -0.39 is 10.8 Å². The molecule has 0 bridgehead atoms. The number of pyridine rings is 1. The first-order valence-corrected chi connectivity index (χ1v) is 13.1. The van der Waals surface area contributed by atoms with Gasteiger partial charge in [-0.2, -0.15) is 0 Å². The average molecular weight is 465 g/mol. The van der Waals surface area contributed by atoms with E-state index in [9.17, 15) is 4.21 Å². The molecule has 6 heteroatoms. The van der Waals surface area contributed by atoms with Crippen molar-refractivity contribution in [2.45, 2.75) is 46.5 Å². The molecule has 4 aromatic rings. The molecule has 0 radical (unpaired) electrons. The van der Waals surface area contributed by atoms with Gasteiger partial charge in [-0.3, -0.25) is 4.21 Å². The van der Waals surface area contributed by atoms with Crippen LogP contribution >= 0.6 is 24.0 Å². The SMILES string of the molecule is Nc1c(S(=O)C2CCCCC2)sc2nc(-c3ccccc3S)cc(-c3ccccc3)c12. The molecule has 1 unspecified atom stereocenters. The summed E-state index contributed by atoms with van der Waals surface area (Å²) in [6.07, 6.45) is 5.56. The number of nitrogens with two attached hydrogens (primary N) is 1. The number of nitrogen functional groups attached to an aromatic ring is 1. The predicted octanol–water partition coefficient (Wildman–Crippen LogP) is 6.94. The zero-order valence-electron chi connectivity index (χ0n) is 17.1. The minimum absolute atomic E-state index is 0.196. The highest BCUT2D eigenvalue weighted by Gasteiger charge is 2.27. The topological polar surface area (TPSA) is 56.0 Å². The van der Waals surface area contributed by atoms with Crippen LogP contribution in [0.15, 0.2) is 69.8 Å². The molecule has 0 spiro atoms. The van der Waals surface area contributed by atoms with Crippen molar-refractivity contribution in [1.29, 1.82) is 0 Å². The van der Waals surface area contributed by atoms with Crippen molar-refractivity contribution in [3.63, 3.8) is 0 Å². The summed E-state index contributed by atoms with van der Waals surface area (Å²) in [5.74, 6) is 0. The molecule has 2 N–H and O–H groups in total. The van der Waals surface area contributed by atoms with Crippen molar-refractivity contribution in [3.8, 4) is 22.4 Å². The van der Waals surface area contributed by atoms with Crippen LogP contribution in [0.4, 0.5) is 5.69 Å². The van der Waals surface area contributed by atoms with E-state index in [4.69, 9.17) is 10.7 Å². The molecule has 2 heterocycles. The number of thiol groups is 1. The standard InChI is InChI=1S/C25H24N2OS3/c26-23-22-19(16-9-3-1-4-10-16)15-20(18-13-7-8-14-21(18)29)27-24(22)30-25(23)31(28)17-11-5-2-6-12-17/h1,3-4,7-10,13-15,17,29H,2,5-6,11-12,26H2. The Hall–Kier alpha value is -2.15. The van der Waals surface area contributed by atoms with Gasteiger partial charge in [-0.1, -0.05) is 67.8 Å². The molecule has 158 valence electrons. The summed E-state index contributed by atoms with van der Waals surface area (Å²) in [5.41, 5.74) is 11.2. The average Bonchev–Trinajstić information content (AvgIpc) is 3.16. The van der Waals surface area contributed by atoms with Crippen LogP contribution in [0.5, 0.6) is 0 Å². The number of hydrogen-bond donors (Lipinski definition) is 2. The molecule has 2 aromatic heterocycles. The molecule has 5 rings (SSSR count). The molecule has 0 aliphatic heterocycles. The van der Waals surface area contributed by atoms with Crippen molar-refractivity contribution >= 4 is 50.7 Å². The minimum Gasteiger partial charge on any atom is -0.396 e. The maximum absolute atomic E-state index is 13.4. The van der Waals surface area contributed by atoms with E-state index in [2.05, 4.69) is 30.8 Å². The molecule has 1 atom stereocenters. The van der Waals surface area contributed by atoms with Crippen molar-refractivity contribution in [1.82, 2.24) is 4.98 Å². The van der Waals surface area contributed by atoms with Gasteiger partial charge in [0.05, 0.1) is 22.2 Å². The van der Waals surface area contributed by atoms with Crippen LogP contribution in [0.25, 0.3) is 32.6 Å². The largest absolute Gasteiger partial charge is 0.396 e. The fourth-order valence-corrected chi connectivity index (χ4v) is 7.84. The second kappa shape index (κ2) is 8.77. The Balaban J connectivity index is 1.72. The summed E-state index contributed by atoms with van der Waals surface area (Å²) in [7, 11) is -1.10. The molecule has 1 fully saturated rings. The molecule has 1 aliphatic carbocycles. The Kier molecular flexibility index (Phi) is 5.87. The second-order valence-corrected chi connectivity index (χ2v) is 11.4. The highest BCUT2D eigenvalue weighted by Crippen LogP contribution is 2.44. The number of aromatic nitrogens is 1. The Morgan fingerprint density at radius 1 is 0.968 bits per heavy atom. The molecule has 31 heavy (non-hydrogen) atoms. The maximum atomic E-state index is 13.4. The van der Waals surface area contributed by atoms with Crippen LogP contribution in [-0.4, -0.2) is 14.4 Å². The zero-order chi connectivity index (χ0) is 21.4. The van der Waals surface area contributed by atoms with E-state index in [-0.39, 0.29) is 5.25 Å². The van der Waals surface area contributed by atoms with E-state index in [1.807, 2.05) is 42.5 Å². The highest BCUT2D eigenvalue weighted by molar-refractivity contribution is 7.88. The third-order valence-electron chi connectivity index (χ3n) is 5.97. The van der Waals surface area contributed by atoms with E-state index in [0.717, 1.165) is 67.4 Å². The lowest BCUT2D eigenvalue weighted by molar-refractivity contribution is 0.505. The first kappa shape index (κ1) is 20.7. The van der Waals surface area contributed by atoms with Gasteiger partial charge < -0.3 is 5.73 Å². The Morgan fingerprint density at radius 3 is 2.42 bits per heavy atom. The number of benzene rings is 2. The first-order valence-electron chi connectivity index (χ1n) is 10.6. The number of thiophene rings is 1. The molecular weight excluding hydrogens is 440 g/mol. The normalized spacial score (nSPS) is 15.9. The lowest BCUT2D eigenvalue weighted by Gasteiger charge is -2.20. The molecule has 0 amide bonds. The summed E-state index contributed by atoms with van der Waals surface area (Å²) < 4.78 is 14.2. The number of nitrogens with zero attached hydrogens (tertiary/aromatic N) is 1. The van der Waals surface area contributed by atoms with Crippen molar-refractivity contribution in [2.75, 3.05) is 5.73 Å². The van der Waals surface area contributed by atoms with E-state index in [0.29, 0.717) is 5.69 Å². The summed E-state index contributed by atoms with van der Waals surface area (Å²) in [6.45, 7) is 0. The van der Waals surface area contributed by atoms with Gasteiger partial charge in [0, 0.05) is 21.1 Å². The molecule has 2 aromatic carbocycles.